The molecule has 38 heavy (non-hydrogen) atoms. The second-order valence-corrected chi connectivity index (χ2v) is 9.93. The highest BCUT2D eigenvalue weighted by Gasteiger charge is 2.33. The summed E-state index contributed by atoms with van der Waals surface area (Å²) in [6, 6.07) is 15.2. The van der Waals surface area contributed by atoms with Gasteiger partial charge in [0.05, 0.1) is 25.4 Å². The second-order valence-electron chi connectivity index (χ2n) is 9.93. The molecular weight excluding hydrogens is 484 g/mol. The van der Waals surface area contributed by atoms with Crippen LogP contribution >= 0.6 is 0 Å². The van der Waals surface area contributed by atoms with Crippen LogP contribution in [0.1, 0.15) is 58.8 Å². The number of aryl methyl sites for hydroxylation is 1. The smallest absolute Gasteiger partial charge is 0.337 e. The number of benzene rings is 2. The molecule has 6 rings (SSSR count). The highest BCUT2D eigenvalue weighted by Crippen LogP contribution is 2.44. The summed E-state index contributed by atoms with van der Waals surface area (Å²) in [6.07, 6.45) is 4.12. The Bertz CT molecular complexity index is 1430. The van der Waals surface area contributed by atoms with Crippen LogP contribution in [-0.4, -0.2) is 47.6 Å². The van der Waals surface area contributed by atoms with Gasteiger partial charge in [-0.15, -0.1) is 0 Å². The van der Waals surface area contributed by atoms with Crippen molar-refractivity contribution in [2.24, 2.45) is 0 Å². The number of rotatable bonds is 8. The fourth-order valence-corrected chi connectivity index (χ4v) is 4.96. The van der Waals surface area contributed by atoms with E-state index in [2.05, 4.69) is 39.3 Å². The van der Waals surface area contributed by atoms with Crippen LogP contribution in [0.3, 0.4) is 0 Å². The highest BCUT2D eigenvalue weighted by atomic mass is 16.5. The van der Waals surface area contributed by atoms with Crippen molar-refractivity contribution >= 4 is 11.9 Å². The van der Waals surface area contributed by atoms with E-state index >= 15 is 0 Å². The average Bonchev–Trinajstić information content (AvgIpc) is 3.52. The molecule has 0 atom stereocenters. The van der Waals surface area contributed by atoms with Crippen molar-refractivity contribution in [1.29, 1.82) is 0 Å². The lowest BCUT2D eigenvalue weighted by molar-refractivity contribution is 0.0244. The number of piperidine rings is 1. The van der Waals surface area contributed by atoms with Gasteiger partial charge in [0.25, 0.3) is 11.8 Å². The minimum absolute atomic E-state index is 0.126. The fraction of sp³-hybridized carbons (Fsp3) is 0.379. The van der Waals surface area contributed by atoms with E-state index in [0.717, 1.165) is 61.4 Å². The molecule has 1 aliphatic heterocycles. The van der Waals surface area contributed by atoms with E-state index in [0.29, 0.717) is 35.5 Å². The first-order valence-corrected chi connectivity index (χ1v) is 13.0. The van der Waals surface area contributed by atoms with E-state index in [1.807, 2.05) is 18.2 Å². The van der Waals surface area contributed by atoms with Gasteiger partial charge in [-0.25, -0.2) is 4.79 Å². The van der Waals surface area contributed by atoms with Gasteiger partial charge in [-0.2, -0.15) is 4.98 Å². The van der Waals surface area contributed by atoms with Crippen LogP contribution in [0.25, 0.3) is 22.7 Å². The molecule has 0 spiro atoms. The monoisotopic (exact) mass is 514 g/mol. The van der Waals surface area contributed by atoms with Gasteiger partial charge >= 0.3 is 5.97 Å². The van der Waals surface area contributed by atoms with Crippen molar-refractivity contribution in [2.75, 3.05) is 25.1 Å². The van der Waals surface area contributed by atoms with Gasteiger partial charge in [-0.1, -0.05) is 35.5 Å². The Morgan fingerprint density at radius 1 is 1.03 bits per heavy atom. The second kappa shape index (κ2) is 10.4. The molecular formula is C29H30N4O5. The van der Waals surface area contributed by atoms with Crippen LogP contribution in [-0.2, 0) is 16.1 Å². The minimum Gasteiger partial charge on any atom is -0.465 e. The first-order chi connectivity index (χ1) is 18.6. The highest BCUT2D eigenvalue weighted by molar-refractivity contribution is 5.90. The molecule has 2 aromatic heterocycles. The summed E-state index contributed by atoms with van der Waals surface area (Å²) in [5, 5.41) is 8.63. The Kier molecular flexibility index (Phi) is 6.68. The number of ether oxygens (including phenoxy) is 2. The van der Waals surface area contributed by atoms with Gasteiger partial charge in [0, 0.05) is 35.7 Å². The number of esters is 1. The lowest BCUT2D eigenvalue weighted by Crippen LogP contribution is -2.37. The number of anilines is 1. The van der Waals surface area contributed by atoms with Crippen LogP contribution < -0.4 is 4.90 Å². The number of carbonyl (C=O) groups excluding carboxylic acids is 1. The Labute approximate surface area is 220 Å². The van der Waals surface area contributed by atoms with Gasteiger partial charge in [0.1, 0.15) is 11.5 Å². The quantitative estimate of drug-likeness (QED) is 0.280. The summed E-state index contributed by atoms with van der Waals surface area (Å²) in [5.74, 6) is 1.94. The van der Waals surface area contributed by atoms with Crippen molar-refractivity contribution in [1.82, 2.24) is 15.3 Å². The first-order valence-electron chi connectivity index (χ1n) is 13.0. The summed E-state index contributed by atoms with van der Waals surface area (Å²) in [5.41, 5.74) is 5.37. The molecule has 0 unspecified atom stereocenters. The van der Waals surface area contributed by atoms with E-state index in [4.69, 9.17) is 18.5 Å². The third kappa shape index (κ3) is 4.93. The maximum atomic E-state index is 11.9. The molecule has 1 aliphatic carbocycles. The summed E-state index contributed by atoms with van der Waals surface area (Å²) in [7, 11) is 1.36. The largest absolute Gasteiger partial charge is 0.465 e. The number of carbonyl (C=O) groups is 1. The zero-order chi connectivity index (χ0) is 26.1. The molecule has 196 valence electrons. The van der Waals surface area contributed by atoms with Crippen LogP contribution in [0, 0.1) is 6.92 Å². The normalized spacial score (nSPS) is 16.1. The van der Waals surface area contributed by atoms with Gasteiger partial charge in [-0.3, -0.25) is 0 Å². The standard InChI is InChI=1S/C29H30N4O5/c1-18-6-3-4-9-23(18)25-24(26(37-31-25)19-10-11-19)17-36-22-12-14-33(15-13-22)29-30-27(38-32-29)20-7-5-8-21(16-20)28(34)35-2/h3-9,16,19,22H,10-15,17H2,1-2H3. The van der Waals surface area contributed by atoms with Gasteiger partial charge in [-0.05, 0) is 61.5 Å². The molecule has 0 amide bonds. The lowest BCUT2D eigenvalue weighted by atomic mass is 10.0. The van der Waals surface area contributed by atoms with Crippen LogP contribution in [0.4, 0.5) is 5.95 Å². The number of nitrogens with zero attached hydrogens (tertiary/aromatic N) is 4. The molecule has 9 nitrogen and oxygen atoms in total. The Hall–Kier alpha value is -3.98. The predicted molar refractivity (Wildman–Crippen MR) is 140 cm³/mol. The van der Waals surface area contributed by atoms with Crippen molar-refractivity contribution < 1.29 is 23.3 Å². The number of methoxy groups -OCH3 is 1. The third-order valence-electron chi connectivity index (χ3n) is 7.30. The maximum Gasteiger partial charge on any atom is 0.337 e. The van der Waals surface area contributed by atoms with E-state index < -0.39 is 5.97 Å². The minimum atomic E-state index is -0.407. The lowest BCUT2D eigenvalue weighted by Gasteiger charge is -2.30. The van der Waals surface area contributed by atoms with Crippen LogP contribution in [0.2, 0.25) is 0 Å². The van der Waals surface area contributed by atoms with E-state index in [1.165, 1.54) is 12.7 Å². The van der Waals surface area contributed by atoms with Gasteiger partial charge < -0.3 is 23.4 Å². The Balaban J connectivity index is 1.09. The zero-order valence-electron chi connectivity index (χ0n) is 21.6. The Morgan fingerprint density at radius 2 is 1.84 bits per heavy atom. The third-order valence-corrected chi connectivity index (χ3v) is 7.30. The summed E-state index contributed by atoms with van der Waals surface area (Å²) < 4.78 is 22.5. The van der Waals surface area contributed by atoms with Crippen molar-refractivity contribution in [3.05, 3.63) is 71.0 Å². The van der Waals surface area contributed by atoms with Crippen LogP contribution in [0.5, 0.6) is 0 Å². The topological polar surface area (TPSA) is 104 Å². The average molecular weight is 515 g/mol. The zero-order valence-corrected chi connectivity index (χ0v) is 21.6. The molecule has 3 heterocycles. The van der Waals surface area contributed by atoms with Crippen molar-refractivity contribution in [3.8, 4) is 22.7 Å². The van der Waals surface area contributed by atoms with Crippen LogP contribution in [0.15, 0.2) is 57.6 Å². The molecule has 0 radical (unpaired) electrons. The number of aromatic nitrogens is 3. The maximum absolute atomic E-state index is 11.9. The molecule has 1 saturated heterocycles. The Morgan fingerprint density at radius 3 is 2.61 bits per heavy atom. The van der Waals surface area contributed by atoms with Gasteiger partial charge in [0.2, 0.25) is 0 Å². The van der Waals surface area contributed by atoms with E-state index in [1.54, 1.807) is 18.2 Å². The SMILES string of the molecule is COC(=O)c1cccc(-c2nc(N3CCC(OCc4c(-c5ccccc5C)noc4C4CC4)CC3)no2)c1. The number of hydrogen-bond acceptors (Lipinski definition) is 9. The summed E-state index contributed by atoms with van der Waals surface area (Å²) in [4.78, 5) is 18.5. The molecule has 2 fully saturated rings. The van der Waals surface area contributed by atoms with Crippen molar-refractivity contribution in [2.45, 2.75) is 51.2 Å². The molecule has 9 heteroatoms. The van der Waals surface area contributed by atoms with E-state index in [9.17, 15) is 4.79 Å². The molecule has 0 N–H and O–H groups in total. The first kappa shape index (κ1) is 24.4. The van der Waals surface area contributed by atoms with Crippen molar-refractivity contribution in [3.63, 3.8) is 0 Å². The number of hydrogen-bond donors (Lipinski definition) is 0. The molecule has 1 saturated carbocycles. The predicted octanol–water partition coefficient (Wildman–Crippen LogP) is 5.55. The summed E-state index contributed by atoms with van der Waals surface area (Å²) >= 11 is 0. The molecule has 2 aliphatic rings. The molecule has 2 aromatic carbocycles. The molecule has 4 aromatic rings. The molecule has 0 bridgehead atoms. The fourth-order valence-electron chi connectivity index (χ4n) is 4.96. The van der Waals surface area contributed by atoms with E-state index in [-0.39, 0.29) is 6.10 Å². The van der Waals surface area contributed by atoms with Gasteiger partial charge in [0.15, 0.2) is 0 Å². The summed E-state index contributed by atoms with van der Waals surface area (Å²) in [6.45, 7) is 4.11.